The number of hydrogen-bond donors (Lipinski definition) is 1. The lowest BCUT2D eigenvalue weighted by Crippen LogP contribution is -2.24. The van der Waals surface area contributed by atoms with Crippen molar-refractivity contribution in [3.8, 4) is 0 Å². The van der Waals surface area contributed by atoms with Crippen LogP contribution in [0.3, 0.4) is 0 Å². The summed E-state index contributed by atoms with van der Waals surface area (Å²) in [6.45, 7) is 0. The van der Waals surface area contributed by atoms with Crippen LogP contribution in [0.1, 0.15) is 6.42 Å². The SMILES string of the molecule is O=S1(=O)CC[C@@H](Nc2cccc[nH+]2)C1. The standard InChI is InChI=1S/C9H12N2O2S/c12-14(13)6-4-8(7-14)11-9-3-1-2-5-10-9/h1-3,5,8H,4,6-7H2,(H,10,11)/p+1/t8-/m1/s1. The lowest BCUT2D eigenvalue weighted by Gasteiger charge is -2.03. The lowest BCUT2D eigenvalue weighted by atomic mass is 10.2. The summed E-state index contributed by atoms with van der Waals surface area (Å²) in [7, 11) is -2.79. The molecule has 0 amide bonds. The predicted molar refractivity (Wildman–Crippen MR) is 53.7 cm³/mol. The molecule has 0 radical (unpaired) electrons. The maximum absolute atomic E-state index is 11.2. The molecule has 76 valence electrons. The van der Waals surface area contributed by atoms with Crippen LogP contribution in [0, 0.1) is 0 Å². The maximum atomic E-state index is 11.2. The summed E-state index contributed by atoms with van der Waals surface area (Å²) in [5, 5.41) is 3.16. The molecule has 4 nitrogen and oxygen atoms in total. The Balaban J connectivity index is 2.01. The van der Waals surface area contributed by atoms with Crippen LogP contribution in [0.5, 0.6) is 0 Å². The summed E-state index contributed by atoms with van der Waals surface area (Å²) < 4.78 is 22.4. The molecule has 1 fully saturated rings. The monoisotopic (exact) mass is 213 g/mol. The average molecular weight is 213 g/mol. The Labute approximate surface area is 83.3 Å². The van der Waals surface area contributed by atoms with Crippen molar-refractivity contribution in [2.45, 2.75) is 12.5 Å². The number of aromatic amines is 1. The largest absolute Gasteiger partial charge is 0.272 e. The smallest absolute Gasteiger partial charge is 0.271 e. The number of nitrogens with one attached hydrogen (secondary N) is 2. The van der Waals surface area contributed by atoms with Crippen LogP contribution in [0.25, 0.3) is 0 Å². The van der Waals surface area contributed by atoms with E-state index in [2.05, 4.69) is 10.3 Å². The Morgan fingerprint density at radius 3 is 2.86 bits per heavy atom. The normalized spacial score (nSPS) is 24.7. The van der Waals surface area contributed by atoms with Crippen LogP contribution in [-0.4, -0.2) is 26.0 Å². The van der Waals surface area contributed by atoms with E-state index in [0.717, 1.165) is 5.82 Å². The quantitative estimate of drug-likeness (QED) is 0.758. The van der Waals surface area contributed by atoms with Crippen molar-refractivity contribution in [1.82, 2.24) is 0 Å². The second kappa shape index (κ2) is 3.57. The first-order valence-corrected chi connectivity index (χ1v) is 6.41. The molecule has 0 saturated carbocycles. The van der Waals surface area contributed by atoms with Gasteiger partial charge in [-0.15, -0.1) is 0 Å². The first kappa shape index (κ1) is 9.45. The van der Waals surface area contributed by atoms with E-state index in [9.17, 15) is 8.42 Å². The van der Waals surface area contributed by atoms with Crippen molar-refractivity contribution < 1.29 is 13.4 Å². The number of rotatable bonds is 2. The third kappa shape index (κ3) is 2.23. The first-order chi connectivity index (χ1) is 6.66. The van der Waals surface area contributed by atoms with E-state index in [1.165, 1.54) is 0 Å². The second-order valence-corrected chi connectivity index (χ2v) is 5.75. The average Bonchev–Trinajstić information content (AvgIpc) is 2.47. The molecule has 0 bridgehead atoms. The zero-order valence-corrected chi connectivity index (χ0v) is 8.55. The fraction of sp³-hybridized carbons (Fsp3) is 0.444. The summed E-state index contributed by atoms with van der Waals surface area (Å²) in [5.41, 5.74) is 0. The minimum atomic E-state index is -2.79. The Bertz CT molecular complexity index is 402. The van der Waals surface area contributed by atoms with Gasteiger partial charge in [-0.1, -0.05) is 6.07 Å². The number of pyridine rings is 1. The number of sulfone groups is 1. The molecule has 0 aromatic carbocycles. The van der Waals surface area contributed by atoms with E-state index in [1.807, 2.05) is 24.4 Å². The van der Waals surface area contributed by atoms with Gasteiger partial charge in [0.2, 0.25) is 0 Å². The van der Waals surface area contributed by atoms with Gasteiger partial charge in [0.15, 0.2) is 9.84 Å². The highest BCUT2D eigenvalue weighted by Crippen LogP contribution is 2.14. The molecule has 1 atom stereocenters. The van der Waals surface area contributed by atoms with Gasteiger partial charge in [-0.2, -0.15) is 0 Å². The zero-order chi connectivity index (χ0) is 10.0. The minimum Gasteiger partial charge on any atom is -0.271 e. The predicted octanol–water partition coefficient (Wildman–Crippen LogP) is 0.0997. The van der Waals surface area contributed by atoms with Gasteiger partial charge in [0.05, 0.1) is 17.7 Å². The molecule has 5 heteroatoms. The third-order valence-corrected chi connectivity index (χ3v) is 4.07. The topological polar surface area (TPSA) is 60.3 Å². The van der Waals surface area contributed by atoms with Gasteiger partial charge in [0, 0.05) is 12.5 Å². The number of aromatic nitrogens is 1. The molecule has 1 aromatic rings. The van der Waals surface area contributed by atoms with Crippen LogP contribution in [0.2, 0.25) is 0 Å². The van der Waals surface area contributed by atoms with Gasteiger partial charge in [-0.25, -0.2) is 13.4 Å². The molecular formula is C9H13N2O2S+. The van der Waals surface area contributed by atoms with Crippen molar-refractivity contribution in [3.05, 3.63) is 24.4 Å². The highest BCUT2D eigenvalue weighted by atomic mass is 32.2. The lowest BCUT2D eigenvalue weighted by molar-refractivity contribution is -0.361. The van der Waals surface area contributed by atoms with Crippen molar-refractivity contribution in [3.63, 3.8) is 0 Å². The van der Waals surface area contributed by atoms with Gasteiger partial charge < -0.3 is 0 Å². The highest BCUT2D eigenvalue weighted by molar-refractivity contribution is 7.91. The van der Waals surface area contributed by atoms with Crippen molar-refractivity contribution in [2.24, 2.45) is 0 Å². The molecule has 2 heterocycles. The van der Waals surface area contributed by atoms with Crippen molar-refractivity contribution in [2.75, 3.05) is 16.8 Å². The fourth-order valence-electron chi connectivity index (χ4n) is 1.61. The van der Waals surface area contributed by atoms with Crippen molar-refractivity contribution >= 4 is 15.7 Å². The molecule has 1 aliphatic heterocycles. The van der Waals surface area contributed by atoms with Crippen LogP contribution in [-0.2, 0) is 9.84 Å². The van der Waals surface area contributed by atoms with Crippen LogP contribution in [0.4, 0.5) is 5.82 Å². The third-order valence-electron chi connectivity index (χ3n) is 2.30. The molecule has 1 saturated heterocycles. The minimum absolute atomic E-state index is 0.0543. The second-order valence-electron chi connectivity index (χ2n) is 3.52. The van der Waals surface area contributed by atoms with E-state index in [1.54, 1.807) is 0 Å². The Hall–Kier alpha value is -1.10. The highest BCUT2D eigenvalue weighted by Gasteiger charge is 2.30. The van der Waals surface area contributed by atoms with Gasteiger partial charge in [0.1, 0.15) is 6.04 Å². The Morgan fingerprint density at radius 2 is 2.29 bits per heavy atom. The van der Waals surface area contributed by atoms with Crippen LogP contribution < -0.4 is 10.3 Å². The van der Waals surface area contributed by atoms with E-state index < -0.39 is 9.84 Å². The molecule has 2 rings (SSSR count). The molecule has 2 N–H and O–H groups in total. The number of anilines is 1. The maximum Gasteiger partial charge on any atom is 0.272 e. The summed E-state index contributed by atoms with van der Waals surface area (Å²) in [6.07, 6.45) is 2.51. The van der Waals surface area contributed by atoms with E-state index in [-0.39, 0.29) is 11.8 Å². The molecule has 0 aliphatic carbocycles. The fourth-order valence-corrected chi connectivity index (χ4v) is 3.29. The van der Waals surface area contributed by atoms with E-state index in [0.29, 0.717) is 12.2 Å². The zero-order valence-electron chi connectivity index (χ0n) is 7.73. The van der Waals surface area contributed by atoms with Gasteiger partial charge in [-0.05, 0) is 6.07 Å². The summed E-state index contributed by atoms with van der Waals surface area (Å²) in [5.74, 6) is 1.42. The van der Waals surface area contributed by atoms with E-state index >= 15 is 0 Å². The molecule has 1 aromatic heterocycles. The first-order valence-electron chi connectivity index (χ1n) is 4.59. The molecule has 1 aliphatic rings. The molecule has 0 unspecified atom stereocenters. The molecule has 14 heavy (non-hydrogen) atoms. The summed E-state index contributed by atoms with van der Waals surface area (Å²) in [6, 6.07) is 5.74. The molecule has 0 spiro atoms. The number of hydrogen-bond acceptors (Lipinski definition) is 3. The Morgan fingerprint density at radius 1 is 1.43 bits per heavy atom. The van der Waals surface area contributed by atoms with Gasteiger partial charge in [0.25, 0.3) is 5.82 Å². The van der Waals surface area contributed by atoms with Crippen LogP contribution in [0.15, 0.2) is 24.4 Å². The van der Waals surface area contributed by atoms with Gasteiger partial charge >= 0.3 is 0 Å². The Kier molecular flexibility index (Phi) is 2.41. The summed E-state index contributed by atoms with van der Waals surface area (Å²) >= 11 is 0. The van der Waals surface area contributed by atoms with E-state index in [4.69, 9.17) is 0 Å². The van der Waals surface area contributed by atoms with Crippen LogP contribution >= 0.6 is 0 Å². The van der Waals surface area contributed by atoms with Crippen molar-refractivity contribution in [1.29, 1.82) is 0 Å². The summed E-state index contributed by atoms with van der Waals surface area (Å²) in [4.78, 5) is 3.02. The molecular weight excluding hydrogens is 200 g/mol. The van der Waals surface area contributed by atoms with Gasteiger partial charge in [-0.3, -0.25) is 5.32 Å². The number of H-pyrrole nitrogens is 1.